The van der Waals surface area contributed by atoms with Gasteiger partial charge in [-0.3, -0.25) is 23.7 Å². The standard InChI is InChI=1S/C24H18N4O3/c1-15(28-23(30)17-11-5-6-12-18(17)24(28)31)22(29)26-21-20(16-9-3-2-4-10-16)25-19-13-7-8-14-27(19)21/h2-15H,1H3,(H,26,29). The quantitative estimate of drug-likeness (QED) is 0.521. The second-order valence-corrected chi connectivity index (χ2v) is 7.29. The van der Waals surface area contributed by atoms with E-state index in [4.69, 9.17) is 0 Å². The van der Waals surface area contributed by atoms with Gasteiger partial charge in [-0.1, -0.05) is 48.5 Å². The highest BCUT2D eigenvalue weighted by molar-refractivity contribution is 6.23. The highest BCUT2D eigenvalue weighted by Gasteiger charge is 2.40. The van der Waals surface area contributed by atoms with Crippen molar-refractivity contribution < 1.29 is 14.4 Å². The van der Waals surface area contributed by atoms with Crippen molar-refractivity contribution in [1.82, 2.24) is 14.3 Å². The van der Waals surface area contributed by atoms with Crippen LogP contribution in [0.4, 0.5) is 5.82 Å². The number of hydrogen-bond acceptors (Lipinski definition) is 4. The largest absolute Gasteiger partial charge is 0.308 e. The molecule has 1 aliphatic rings. The average Bonchev–Trinajstić information content (AvgIpc) is 3.29. The van der Waals surface area contributed by atoms with E-state index in [9.17, 15) is 14.4 Å². The maximum atomic E-state index is 13.2. The van der Waals surface area contributed by atoms with Crippen molar-refractivity contribution in [2.45, 2.75) is 13.0 Å². The van der Waals surface area contributed by atoms with E-state index in [0.29, 0.717) is 28.3 Å². The Bertz CT molecular complexity index is 1310. The molecule has 0 saturated carbocycles. The minimum absolute atomic E-state index is 0.312. The first-order valence-electron chi connectivity index (χ1n) is 9.86. The number of carbonyl (C=O) groups excluding carboxylic acids is 3. The molecule has 3 heterocycles. The number of amides is 3. The van der Waals surface area contributed by atoms with Gasteiger partial charge in [-0.25, -0.2) is 4.98 Å². The second kappa shape index (κ2) is 7.21. The summed E-state index contributed by atoms with van der Waals surface area (Å²) in [4.78, 5) is 44.4. The Balaban J connectivity index is 1.50. The summed E-state index contributed by atoms with van der Waals surface area (Å²) in [5.74, 6) is -0.929. The lowest BCUT2D eigenvalue weighted by molar-refractivity contribution is -0.119. The molecule has 0 fully saturated rings. The molecule has 7 heteroatoms. The highest BCUT2D eigenvalue weighted by Crippen LogP contribution is 2.30. The van der Waals surface area contributed by atoms with E-state index < -0.39 is 23.8 Å². The third kappa shape index (κ3) is 2.98. The molecule has 1 atom stereocenters. The average molecular weight is 410 g/mol. The summed E-state index contributed by atoms with van der Waals surface area (Å²) in [5, 5.41) is 2.89. The van der Waals surface area contributed by atoms with E-state index in [1.165, 1.54) is 0 Å². The van der Waals surface area contributed by atoms with Gasteiger partial charge < -0.3 is 5.32 Å². The predicted molar refractivity (Wildman–Crippen MR) is 116 cm³/mol. The number of nitrogens with zero attached hydrogens (tertiary/aromatic N) is 3. The molecule has 0 spiro atoms. The van der Waals surface area contributed by atoms with Crippen molar-refractivity contribution in [3.8, 4) is 11.3 Å². The zero-order chi connectivity index (χ0) is 21.5. The fourth-order valence-corrected chi connectivity index (χ4v) is 3.81. The molecule has 0 bridgehead atoms. The van der Waals surface area contributed by atoms with Gasteiger partial charge in [0.05, 0.1) is 11.1 Å². The zero-order valence-electron chi connectivity index (χ0n) is 16.6. The van der Waals surface area contributed by atoms with Crippen molar-refractivity contribution >= 4 is 29.2 Å². The van der Waals surface area contributed by atoms with E-state index in [1.54, 1.807) is 41.8 Å². The van der Waals surface area contributed by atoms with Crippen molar-refractivity contribution in [3.63, 3.8) is 0 Å². The summed E-state index contributed by atoms with van der Waals surface area (Å²) in [6.45, 7) is 1.54. The molecular formula is C24H18N4O3. The molecular weight excluding hydrogens is 392 g/mol. The molecule has 1 N–H and O–H groups in total. The first-order valence-corrected chi connectivity index (χ1v) is 9.86. The van der Waals surface area contributed by atoms with E-state index in [1.807, 2.05) is 48.5 Å². The van der Waals surface area contributed by atoms with Crippen LogP contribution in [-0.4, -0.2) is 38.0 Å². The molecule has 4 aromatic rings. The Hall–Kier alpha value is -4.26. The van der Waals surface area contributed by atoms with E-state index in [-0.39, 0.29) is 0 Å². The Labute approximate surface area is 177 Å². The molecule has 1 aliphatic heterocycles. The number of aromatic nitrogens is 2. The topological polar surface area (TPSA) is 83.8 Å². The maximum absolute atomic E-state index is 13.2. The Morgan fingerprint density at radius 3 is 2.16 bits per heavy atom. The summed E-state index contributed by atoms with van der Waals surface area (Å²) in [6, 6.07) is 20.6. The first-order chi connectivity index (χ1) is 15.1. The van der Waals surface area contributed by atoms with E-state index >= 15 is 0 Å². The number of imide groups is 1. The minimum Gasteiger partial charge on any atom is -0.308 e. The second-order valence-electron chi connectivity index (χ2n) is 7.29. The summed E-state index contributed by atoms with van der Waals surface area (Å²) in [7, 11) is 0. The molecule has 2 aromatic heterocycles. The van der Waals surface area contributed by atoms with Crippen LogP contribution >= 0.6 is 0 Å². The van der Waals surface area contributed by atoms with Gasteiger partial charge in [-0.05, 0) is 31.2 Å². The molecule has 3 amide bonds. The van der Waals surface area contributed by atoms with Gasteiger partial charge in [0.1, 0.15) is 23.2 Å². The molecule has 31 heavy (non-hydrogen) atoms. The Morgan fingerprint density at radius 2 is 1.48 bits per heavy atom. The Kier molecular flexibility index (Phi) is 4.36. The number of hydrogen-bond donors (Lipinski definition) is 1. The molecule has 152 valence electrons. The smallest absolute Gasteiger partial charge is 0.262 e. The van der Waals surface area contributed by atoms with Crippen molar-refractivity contribution in [2.75, 3.05) is 5.32 Å². The van der Waals surface area contributed by atoms with Crippen LogP contribution in [0.15, 0.2) is 79.0 Å². The summed E-state index contributed by atoms with van der Waals surface area (Å²) in [6.07, 6.45) is 1.80. The number of fused-ring (bicyclic) bond motifs is 2. The third-order valence-corrected chi connectivity index (χ3v) is 5.41. The van der Waals surface area contributed by atoms with Gasteiger partial charge in [-0.15, -0.1) is 0 Å². The number of rotatable bonds is 4. The van der Waals surface area contributed by atoms with Gasteiger partial charge in [0, 0.05) is 11.8 Å². The highest BCUT2D eigenvalue weighted by atomic mass is 16.2. The van der Waals surface area contributed by atoms with E-state index in [2.05, 4.69) is 10.3 Å². The number of pyridine rings is 1. The molecule has 0 radical (unpaired) electrons. The third-order valence-electron chi connectivity index (χ3n) is 5.41. The monoisotopic (exact) mass is 410 g/mol. The number of benzene rings is 2. The maximum Gasteiger partial charge on any atom is 0.262 e. The van der Waals surface area contributed by atoms with Crippen LogP contribution in [0.5, 0.6) is 0 Å². The molecule has 5 rings (SSSR count). The lowest BCUT2D eigenvalue weighted by atomic mass is 10.1. The van der Waals surface area contributed by atoms with Gasteiger partial charge in [0.15, 0.2) is 0 Å². The van der Waals surface area contributed by atoms with Gasteiger partial charge in [-0.2, -0.15) is 0 Å². The fraction of sp³-hybridized carbons (Fsp3) is 0.0833. The molecule has 2 aromatic carbocycles. The number of carbonyl (C=O) groups is 3. The molecule has 1 unspecified atom stereocenters. The lowest BCUT2D eigenvalue weighted by Crippen LogP contribution is -2.45. The van der Waals surface area contributed by atoms with Gasteiger partial charge >= 0.3 is 0 Å². The number of nitrogens with one attached hydrogen (secondary N) is 1. The van der Waals surface area contributed by atoms with E-state index in [0.717, 1.165) is 10.5 Å². The van der Waals surface area contributed by atoms with Crippen LogP contribution in [0.3, 0.4) is 0 Å². The molecule has 0 aliphatic carbocycles. The van der Waals surface area contributed by atoms with Crippen LogP contribution < -0.4 is 5.32 Å². The van der Waals surface area contributed by atoms with Crippen LogP contribution in [0.25, 0.3) is 16.9 Å². The Morgan fingerprint density at radius 1 is 0.871 bits per heavy atom. The van der Waals surface area contributed by atoms with Crippen LogP contribution in [0.2, 0.25) is 0 Å². The summed E-state index contributed by atoms with van der Waals surface area (Å²) in [5.41, 5.74) is 2.74. The van der Waals surface area contributed by atoms with Crippen LogP contribution in [-0.2, 0) is 4.79 Å². The van der Waals surface area contributed by atoms with Crippen LogP contribution in [0.1, 0.15) is 27.6 Å². The summed E-state index contributed by atoms with van der Waals surface area (Å²) < 4.78 is 1.77. The summed E-state index contributed by atoms with van der Waals surface area (Å²) >= 11 is 0. The first kappa shape index (κ1) is 18.7. The van der Waals surface area contributed by atoms with Gasteiger partial charge in [0.25, 0.3) is 11.8 Å². The fourth-order valence-electron chi connectivity index (χ4n) is 3.81. The van der Waals surface area contributed by atoms with Gasteiger partial charge in [0.2, 0.25) is 5.91 Å². The van der Waals surface area contributed by atoms with Crippen molar-refractivity contribution in [3.05, 3.63) is 90.1 Å². The van der Waals surface area contributed by atoms with Crippen LogP contribution in [0, 0.1) is 0 Å². The minimum atomic E-state index is -0.995. The SMILES string of the molecule is CC(C(=O)Nc1c(-c2ccccc2)nc2ccccn12)N1C(=O)c2ccccc2C1=O. The number of anilines is 1. The predicted octanol–water partition coefficient (Wildman–Crippen LogP) is 3.62. The molecule has 0 saturated heterocycles. The lowest BCUT2D eigenvalue weighted by Gasteiger charge is -2.21. The number of imidazole rings is 1. The van der Waals surface area contributed by atoms with Crippen molar-refractivity contribution in [1.29, 1.82) is 0 Å². The zero-order valence-corrected chi connectivity index (χ0v) is 16.6. The normalized spacial score (nSPS) is 14.0. The van der Waals surface area contributed by atoms with Crippen molar-refractivity contribution in [2.24, 2.45) is 0 Å². The molecule has 7 nitrogen and oxygen atoms in total.